The third kappa shape index (κ3) is 3.78. The first-order valence-electron chi connectivity index (χ1n) is 7.37. The minimum absolute atomic E-state index is 0.0108. The van der Waals surface area contributed by atoms with Crippen molar-refractivity contribution in [1.29, 1.82) is 0 Å². The number of hydrogen-bond donors (Lipinski definition) is 2. The van der Waals surface area contributed by atoms with Crippen LogP contribution in [-0.2, 0) is 12.5 Å². The normalized spacial score (nSPS) is 11.9. The zero-order chi connectivity index (χ0) is 16.5. The first kappa shape index (κ1) is 17.6. The second kappa shape index (κ2) is 6.81. The van der Waals surface area contributed by atoms with Gasteiger partial charge in [0.05, 0.1) is 16.7 Å². The van der Waals surface area contributed by atoms with Crippen molar-refractivity contribution >= 4 is 57.6 Å². The van der Waals surface area contributed by atoms with E-state index >= 15 is 0 Å². The molecule has 1 heterocycles. The van der Waals surface area contributed by atoms with E-state index in [1.54, 1.807) is 0 Å². The van der Waals surface area contributed by atoms with Crippen molar-refractivity contribution in [3.63, 3.8) is 0 Å². The van der Waals surface area contributed by atoms with Crippen molar-refractivity contribution in [3.05, 3.63) is 18.0 Å². The van der Waals surface area contributed by atoms with Crippen LogP contribution in [-0.4, -0.2) is 19.6 Å². The van der Waals surface area contributed by atoms with E-state index in [-0.39, 0.29) is 5.41 Å². The standard InChI is InChI=1S/C16H23N3S3/c1-6-7-22-13-9-10-12(8-11(13)18-15(20)21)19(5)14(17-10)16(2,3)4/h8-9H,6-7H2,1-5H3,(H2,18,20,21). The Bertz CT molecular complexity index is 699. The lowest BCUT2D eigenvalue weighted by Gasteiger charge is -2.17. The van der Waals surface area contributed by atoms with Crippen molar-refractivity contribution < 1.29 is 0 Å². The molecule has 1 N–H and O–H groups in total. The molecule has 0 unspecified atom stereocenters. The number of hydrogen-bond acceptors (Lipinski definition) is 3. The largest absolute Gasteiger partial charge is 0.340 e. The van der Waals surface area contributed by atoms with Gasteiger partial charge in [-0.1, -0.05) is 39.9 Å². The van der Waals surface area contributed by atoms with Gasteiger partial charge in [-0.05, 0) is 24.3 Å². The Kier molecular flexibility index (Phi) is 5.45. The molecule has 0 radical (unpaired) electrons. The van der Waals surface area contributed by atoms with Gasteiger partial charge >= 0.3 is 0 Å². The lowest BCUT2D eigenvalue weighted by atomic mass is 9.96. The highest BCUT2D eigenvalue weighted by Crippen LogP contribution is 2.34. The molecule has 120 valence electrons. The number of rotatable bonds is 4. The van der Waals surface area contributed by atoms with Gasteiger partial charge in [0.2, 0.25) is 0 Å². The third-order valence-corrected chi connectivity index (χ3v) is 4.83. The first-order chi connectivity index (χ1) is 10.2. The Labute approximate surface area is 147 Å². The zero-order valence-corrected chi connectivity index (χ0v) is 16.3. The number of imidazole rings is 1. The highest BCUT2D eigenvalue weighted by atomic mass is 32.2. The monoisotopic (exact) mass is 353 g/mol. The number of aromatic nitrogens is 2. The SMILES string of the molecule is CCCSc1cc2nc(C(C)(C)C)n(C)c2cc1NC(=S)S. The smallest absolute Gasteiger partial charge is 0.135 e. The van der Waals surface area contributed by atoms with E-state index in [9.17, 15) is 0 Å². The number of anilines is 1. The molecular weight excluding hydrogens is 330 g/mol. The minimum atomic E-state index is 0.0108. The molecule has 1 aromatic heterocycles. The molecule has 22 heavy (non-hydrogen) atoms. The highest BCUT2D eigenvalue weighted by Gasteiger charge is 2.22. The van der Waals surface area contributed by atoms with Crippen LogP contribution in [0.3, 0.4) is 0 Å². The van der Waals surface area contributed by atoms with E-state index in [2.05, 4.69) is 69.4 Å². The van der Waals surface area contributed by atoms with Crippen molar-refractivity contribution in [2.75, 3.05) is 11.1 Å². The summed E-state index contributed by atoms with van der Waals surface area (Å²) in [7, 11) is 2.07. The number of thioether (sulfide) groups is 1. The summed E-state index contributed by atoms with van der Waals surface area (Å²) < 4.78 is 2.65. The van der Waals surface area contributed by atoms with Crippen molar-refractivity contribution in [3.8, 4) is 0 Å². The topological polar surface area (TPSA) is 29.9 Å². The summed E-state index contributed by atoms with van der Waals surface area (Å²) in [6.45, 7) is 8.73. The molecule has 3 nitrogen and oxygen atoms in total. The van der Waals surface area contributed by atoms with E-state index in [1.165, 1.54) is 4.90 Å². The average molecular weight is 354 g/mol. The summed E-state index contributed by atoms with van der Waals surface area (Å²) in [5.41, 5.74) is 3.16. The fraction of sp³-hybridized carbons (Fsp3) is 0.500. The Morgan fingerprint density at radius 3 is 2.64 bits per heavy atom. The molecule has 0 amide bonds. The number of benzene rings is 1. The van der Waals surface area contributed by atoms with E-state index in [4.69, 9.17) is 17.2 Å². The number of fused-ring (bicyclic) bond motifs is 1. The van der Waals surface area contributed by atoms with Crippen LogP contribution in [0.2, 0.25) is 0 Å². The molecule has 0 saturated heterocycles. The van der Waals surface area contributed by atoms with Gasteiger partial charge in [-0.2, -0.15) is 0 Å². The Morgan fingerprint density at radius 2 is 2.09 bits per heavy atom. The molecule has 1 aromatic carbocycles. The quantitative estimate of drug-likeness (QED) is 0.460. The zero-order valence-electron chi connectivity index (χ0n) is 13.7. The van der Waals surface area contributed by atoms with E-state index < -0.39 is 0 Å². The van der Waals surface area contributed by atoms with Crippen molar-refractivity contribution in [2.24, 2.45) is 7.05 Å². The Balaban J connectivity index is 2.60. The molecule has 0 aliphatic heterocycles. The molecule has 0 aliphatic carbocycles. The molecular formula is C16H23N3S3. The predicted molar refractivity (Wildman–Crippen MR) is 106 cm³/mol. The molecule has 0 bridgehead atoms. The van der Waals surface area contributed by atoms with Crippen LogP contribution in [0.5, 0.6) is 0 Å². The van der Waals surface area contributed by atoms with Crippen LogP contribution in [0.15, 0.2) is 17.0 Å². The van der Waals surface area contributed by atoms with Crippen LogP contribution >= 0.6 is 36.6 Å². The van der Waals surface area contributed by atoms with Crippen LogP contribution in [0, 0.1) is 0 Å². The maximum atomic E-state index is 5.09. The summed E-state index contributed by atoms with van der Waals surface area (Å²) >= 11 is 11.1. The fourth-order valence-corrected chi connectivity index (χ4v) is 3.55. The maximum absolute atomic E-state index is 5.09. The summed E-state index contributed by atoms with van der Waals surface area (Å²) in [6.07, 6.45) is 1.13. The second-order valence-electron chi connectivity index (χ2n) is 6.36. The Morgan fingerprint density at radius 1 is 1.41 bits per heavy atom. The Hall–Kier alpha value is -0.720. The van der Waals surface area contributed by atoms with Gasteiger partial charge in [0.25, 0.3) is 0 Å². The molecule has 6 heteroatoms. The molecule has 0 spiro atoms. The van der Waals surface area contributed by atoms with Crippen LogP contribution in [0.4, 0.5) is 5.69 Å². The second-order valence-corrected chi connectivity index (χ2v) is 8.65. The van der Waals surface area contributed by atoms with Crippen molar-refractivity contribution in [1.82, 2.24) is 9.55 Å². The summed E-state index contributed by atoms with van der Waals surface area (Å²) in [5.74, 6) is 2.15. The van der Waals surface area contributed by atoms with Crippen LogP contribution in [0.1, 0.15) is 39.9 Å². The van der Waals surface area contributed by atoms with Gasteiger partial charge in [0.15, 0.2) is 0 Å². The highest BCUT2D eigenvalue weighted by molar-refractivity contribution is 8.11. The number of nitrogens with zero attached hydrogens (tertiary/aromatic N) is 2. The first-order valence-corrected chi connectivity index (χ1v) is 9.22. The molecule has 0 fully saturated rings. The van der Waals surface area contributed by atoms with Gasteiger partial charge in [0, 0.05) is 17.4 Å². The van der Waals surface area contributed by atoms with Crippen molar-refractivity contribution in [2.45, 2.75) is 44.4 Å². The van der Waals surface area contributed by atoms with Gasteiger partial charge in [-0.25, -0.2) is 4.98 Å². The average Bonchev–Trinajstić information content (AvgIpc) is 2.72. The molecule has 0 aliphatic rings. The van der Waals surface area contributed by atoms with E-state index in [1.807, 2.05) is 11.8 Å². The number of thiocarbonyl (C=S) groups is 1. The van der Waals surface area contributed by atoms with Gasteiger partial charge in [0.1, 0.15) is 10.1 Å². The number of nitrogens with one attached hydrogen (secondary N) is 1. The van der Waals surface area contributed by atoms with Gasteiger partial charge in [-0.15, -0.1) is 24.4 Å². The molecule has 0 atom stereocenters. The lowest BCUT2D eigenvalue weighted by Crippen LogP contribution is -2.17. The maximum Gasteiger partial charge on any atom is 0.135 e. The van der Waals surface area contributed by atoms with E-state index in [0.717, 1.165) is 34.7 Å². The summed E-state index contributed by atoms with van der Waals surface area (Å²) in [4.78, 5) is 6.01. The van der Waals surface area contributed by atoms with Gasteiger partial charge < -0.3 is 9.88 Å². The third-order valence-electron chi connectivity index (χ3n) is 3.36. The van der Waals surface area contributed by atoms with Crippen LogP contribution in [0.25, 0.3) is 11.0 Å². The lowest BCUT2D eigenvalue weighted by molar-refractivity contribution is 0.527. The molecule has 2 aromatic rings. The van der Waals surface area contributed by atoms with Crippen LogP contribution < -0.4 is 5.32 Å². The fourth-order valence-electron chi connectivity index (χ4n) is 2.43. The van der Waals surface area contributed by atoms with E-state index in [0.29, 0.717) is 4.32 Å². The molecule has 0 saturated carbocycles. The minimum Gasteiger partial charge on any atom is -0.340 e. The molecule has 2 rings (SSSR count). The number of thiol groups is 1. The summed E-state index contributed by atoms with van der Waals surface area (Å²) in [6, 6.07) is 4.28. The summed E-state index contributed by atoms with van der Waals surface area (Å²) in [5, 5.41) is 3.18. The van der Waals surface area contributed by atoms with Gasteiger partial charge in [-0.3, -0.25) is 0 Å². The predicted octanol–water partition coefficient (Wildman–Crippen LogP) is 5.00. The number of aryl methyl sites for hydroxylation is 1.